The van der Waals surface area contributed by atoms with Gasteiger partial charge in [0, 0.05) is 18.2 Å². The van der Waals surface area contributed by atoms with Crippen LogP contribution in [-0.4, -0.2) is 34.0 Å². The molecule has 3 aromatic rings. The van der Waals surface area contributed by atoms with Crippen LogP contribution in [0.2, 0.25) is 0 Å². The van der Waals surface area contributed by atoms with Crippen molar-refractivity contribution in [3.05, 3.63) is 70.3 Å². The minimum atomic E-state index is -0.460. The van der Waals surface area contributed by atoms with Gasteiger partial charge in [-0.25, -0.2) is 4.79 Å². The number of hydrogen-bond acceptors (Lipinski definition) is 7. The van der Waals surface area contributed by atoms with Crippen LogP contribution < -0.4 is 19.9 Å². The third-order valence-electron chi connectivity index (χ3n) is 4.95. The van der Waals surface area contributed by atoms with Gasteiger partial charge in [0.25, 0.3) is 0 Å². The fourth-order valence-electron chi connectivity index (χ4n) is 3.45. The molecule has 1 aromatic heterocycles. The summed E-state index contributed by atoms with van der Waals surface area (Å²) in [6, 6.07) is 11.6. The average Bonchev–Trinajstić information content (AvgIpc) is 2.76. The summed E-state index contributed by atoms with van der Waals surface area (Å²) in [7, 11) is 3.12. The Labute approximate surface area is 172 Å². The minimum Gasteiger partial charge on any atom is -0.507 e. The second kappa shape index (κ2) is 7.82. The third-order valence-corrected chi connectivity index (χ3v) is 4.95. The Morgan fingerprint density at radius 1 is 1.13 bits per heavy atom. The number of hydrogen-bond donors (Lipinski definition) is 2. The molecule has 0 spiro atoms. The van der Waals surface area contributed by atoms with Gasteiger partial charge in [-0.2, -0.15) is 4.98 Å². The van der Waals surface area contributed by atoms with Gasteiger partial charge in [0.2, 0.25) is 5.88 Å². The van der Waals surface area contributed by atoms with E-state index in [0.29, 0.717) is 30.2 Å². The lowest BCUT2D eigenvalue weighted by molar-refractivity contribution is 0.354. The number of para-hydroxylation sites is 1. The van der Waals surface area contributed by atoms with E-state index in [1.165, 1.54) is 12.1 Å². The van der Waals surface area contributed by atoms with Gasteiger partial charge in [0.1, 0.15) is 12.0 Å². The summed E-state index contributed by atoms with van der Waals surface area (Å²) in [5, 5.41) is 20.0. The molecule has 0 amide bonds. The van der Waals surface area contributed by atoms with Gasteiger partial charge in [-0.15, -0.1) is 0 Å². The van der Waals surface area contributed by atoms with Gasteiger partial charge in [-0.05, 0) is 36.2 Å². The van der Waals surface area contributed by atoms with Crippen molar-refractivity contribution in [3.63, 3.8) is 0 Å². The smallest absolute Gasteiger partial charge is 0.351 e. The highest BCUT2D eigenvalue weighted by atomic mass is 16.5. The zero-order valence-electron chi connectivity index (χ0n) is 16.5. The van der Waals surface area contributed by atoms with E-state index in [-0.39, 0.29) is 23.0 Å². The number of aromatic hydroxyl groups is 1. The first-order valence-electron chi connectivity index (χ1n) is 9.23. The van der Waals surface area contributed by atoms with Crippen molar-refractivity contribution >= 4 is 5.76 Å². The summed E-state index contributed by atoms with van der Waals surface area (Å²) >= 11 is 0. The van der Waals surface area contributed by atoms with E-state index in [1.807, 2.05) is 12.1 Å². The molecule has 0 saturated heterocycles. The predicted molar refractivity (Wildman–Crippen MR) is 110 cm³/mol. The van der Waals surface area contributed by atoms with Crippen LogP contribution in [0, 0.1) is 0 Å². The Balaban J connectivity index is 1.73. The molecular weight excluding hydrogens is 388 g/mol. The van der Waals surface area contributed by atoms with E-state index in [4.69, 9.17) is 14.2 Å². The van der Waals surface area contributed by atoms with Crippen LogP contribution >= 0.6 is 0 Å². The topological polar surface area (TPSA) is 103 Å². The summed E-state index contributed by atoms with van der Waals surface area (Å²) in [6.45, 7) is 0.475. The van der Waals surface area contributed by atoms with E-state index in [1.54, 1.807) is 37.0 Å². The lowest BCUT2D eigenvalue weighted by atomic mass is 9.97. The number of nitrogens with zero attached hydrogens (tertiary/aromatic N) is 2. The quantitative estimate of drug-likeness (QED) is 0.625. The highest BCUT2D eigenvalue weighted by Gasteiger charge is 2.22. The van der Waals surface area contributed by atoms with E-state index >= 15 is 0 Å². The summed E-state index contributed by atoms with van der Waals surface area (Å²) in [6.07, 6.45) is 1.69. The summed E-state index contributed by atoms with van der Waals surface area (Å²) in [5.41, 5.74) is 2.20. The molecule has 4 rings (SSSR count). The normalized spacial score (nSPS) is 12.7. The third kappa shape index (κ3) is 3.43. The van der Waals surface area contributed by atoms with Crippen LogP contribution in [0.15, 0.2) is 53.5 Å². The molecule has 0 radical (unpaired) electrons. The number of methoxy groups -OCH3 is 2. The predicted octanol–water partition coefficient (Wildman–Crippen LogP) is 3.12. The number of aryl methyl sites for hydroxylation is 1. The van der Waals surface area contributed by atoms with E-state index in [0.717, 1.165) is 17.4 Å². The van der Waals surface area contributed by atoms with Crippen molar-refractivity contribution in [2.24, 2.45) is 0 Å². The zero-order chi connectivity index (χ0) is 21.3. The van der Waals surface area contributed by atoms with Gasteiger partial charge < -0.3 is 24.4 Å². The average molecular weight is 408 g/mol. The molecular formula is C22H20N2O6. The second-order valence-electron chi connectivity index (χ2n) is 6.67. The molecule has 1 aliphatic rings. The van der Waals surface area contributed by atoms with Crippen LogP contribution in [0.4, 0.5) is 0 Å². The lowest BCUT2D eigenvalue weighted by Crippen LogP contribution is -2.28. The molecule has 1 aliphatic heterocycles. The fourth-order valence-corrected chi connectivity index (χ4v) is 3.45. The maximum absolute atomic E-state index is 12.5. The number of aliphatic hydroxyl groups is 1. The number of rotatable bonds is 5. The molecule has 0 fully saturated rings. The number of phenols is 1. The van der Waals surface area contributed by atoms with E-state index < -0.39 is 5.69 Å². The number of fused-ring (bicyclic) bond motifs is 3. The first-order valence-corrected chi connectivity index (χ1v) is 9.23. The Morgan fingerprint density at radius 3 is 2.60 bits per heavy atom. The number of aliphatic hydroxyl groups excluding tert-OH is 1. The first kappa shape index (κ1) is 19.4. The SMILES string of the molecule is COc1cc2c(cc1OC)-c1cc(O/C=C(\O)c3ccccc3O)nc(=O)n1CC2. The molecule has 2 aromatic carbocycles. The van der Waals surface area contributed by atoms with Crippen molar-refractivity contribution in [2.45, 2.75) is 13.0 Å². The van der Waals surface area contributed by atoms with Crippen LogP contribution in [0.1, 0.15) is 11.1 Å². The first-order chi connectivity index (χ1) is 14.5. The molecule has 0 saturated carbocycles. The monoisotopic (exact) mass is 408 g/mol. The van der Waals surface area contributed by atoms with Gasteiger partial charge >= 0.3 is 5.69 Å². The Morgan fingerprint density at radius 2 is 1.87 bits per heavy atom. The van der Waals surface area contributed by atoms with Gasteiger partial charge in [-0.3, -0.25) is 4.57 Å². The molecule has 2 heterocycles. The molecule has 0 atom stereocenters. The highest BCUT2D eigenvalue weighted by molar-refractivity contribution is 5.71. The second-order valence-corrected chi connectivity index (χ2v) is 6.67. The largest absolute Gasteiger partial charge is 0.507 e. The summed E-state index contributed by atoms with van der Waals surface area (Å²) in [4.78, 5) is 16.5. The van der Waals surface area contributed by atoms with Crippen molar-refractivity contribution < 1.29 is 24.4 Å². The molecule has 154 valence electrons. The van der Waals surface area contributed by atoms with Gasteiger partial charge in [0.15, 0.2) is 17.3 Å². The standard InChI is InChI=1S/C22H20N2O6/c1-28-19-9-13-7-8-24-16(15(13)10-20(19)29-2)11-21(23-22(24)27)30-12-18(26)14-5-3-4-6-17(14)25/h3-6,9-12,25-26H,7-8H2,1-2H3/b18-12-. The molecule has 8 heteroatoms. The van der Waals surface area contributed by atoms with Gasteiger partial charge in [-0.1, -0.05) is 12.1 Å². The number of phenolic OH excluding ortho intramolecular Hbond substituents is 1. The fraction of sp³-hybridized carbons (Fsp3) is 0.182. The van der Waals surface area contributed by atoms with Crippen LogP contribution in [0.3, 0.4) is 0 Å². The van der Waals surface area contributed by atoms with Crippen LogP contribution in [-0.2, 0) is 13.0 Å². The lowest BCUT2D eigenvalue weighted by Gasteiger charge is -2.23. The van der Waals surface area contributed by atoms with Crippen molar-refractivity contribution in [3.8, 4) is 34.4 Å². The summed E-state index contributed by atoms with van der Waals surface area (Å²) < 4.78 is 17.8. The van der Waals surface area contributed by atoms with Crippen molar-refractivity contribution in [2.75, 3.05) is 14.2 Å². The molecule has 0 unspecified atom stereocenters. The summed E-state index contributed by atoms with van der Waals surface area (Å²) in [5.74, 6) is 0.806. The molecule has 2 N–H and O–H groups in total. The maximum Gasteiger partial charge on any atom is 0.351 e. The Hall–Kier alpha value is -3.94. The number of ether oxygens (including phenoxy) is 3. The van der Waals surface area contributed by atoms with Crippen molar-refractivity contribution in [1.82, 2.24) is 9.55 Å². The van der Waals surface area contributed by atoms with Gasteiger partial charge in [0.05, 0.1) is 25.5 Å². The van der Waals surface area contributed by atoms with E-state index in [9.17, 15) is 15.0 Å². The Kier molecular flexibility index (Phi) is 5.05. The molecule has 30 heavy (non-hydrogen) atoms. The van der Waals surface area contributed by atoms with E-state index in [2.05, 4.69) is 4.98 Å². The Bertz CT molecular complexity index is 1200. The number of benzene rings is 2. The minimum absolute atomic E-state index is 0.0239. The molecule has 8 nitrogen and oxygen atoms in total. The maximum atomic E-state index is 12.5. The van der Waals surface area contributed by atoms with Crippen LogP contribution in [0.5, 0.6) is 23.1 Å². The molecule has 0 bridgehead atoms. The number of aromatic nitrogens is 2. The zero-order valence-corrected chi connectivity index (χ0v) is 16.5. The highest BCUT2D eigenvalue weighted by Crippen LogP contribution is 2.38. The van der Waals surface area contributed by atoms with Crippen molar-refractivity contribution in [1.29, 1.82) is 0 Å². The molecule has 0 aliphatic carbocycles. The van der Waals surface area contributed by atoms with Crippen LogP contribution in [0.25, 0.3) is 17.0 Å².